The lowest BCUT2D eigenvalue weighted by molar-refractivity contribution is 1.65. The van der Waals surface area contributed by atoms with Gasteiger partial charge in [-0.1, -0.05) is 218 Å². The first-order valence-corrected chi connectivity index (χ1v) is 24.4. The molecule has 15 aromatic rings. The van der Waals surface area contributed by atoms with Crippen LogP contribution in [-0.2, 0) is 0 Å². The van der Waals surface area contributed by atoms with Crippen LogP contribution in [0.2, 0.25) is 0 Å². The van der Waals surface area contributed by atoms with Crippen molar-refractivity contribution >= 4 is 108 Å². The molecule has 0 heterocycles. The summed E-state index contributed by atoms with van der Waals surface area (Å²) in [7, 11) is 0. The minimum atomic E-state index is 1.21. The summed E-state index contributed by atoms with van der Waals surface area (Å²) < 4.78 is 0. The van der Waals surface area contributed by atoms with Gasteiger partial charge in [0.05, 0.1) is 0 Å². The van der Waals surface area contributed by atoms with E-state index in [0.29, 0.717) is 0 Å². The van der Waals surface area contributed by atoms with Crippen LogP contribution in [0, 0.1) is 0 Å². The van der Waals surface area contributed by atoms with Crippen molar-refractivity contribution in [3.05, 3.63) is 255 Å². The zero-order valence-electron chi connectivity index (χ0n) is 38.2. The minimum absolute atomic E-state index is 1.21. The highest BCUT2D eigenvalue weighted by molar-refractivity contribution is 6.29. The van der Waals surface area contributed by atoms with Crippen LogP contribution in [0.3, 0.4) is 0 Å². The molecule has 0 heteroatoms. The third kappa shape index (κ3) is 5.78. The highest BCUT2D eigenvalue weighted by Gasteiger charge is 2.22. The van der Waals surface area contributed by atoms with E-state index < -0.39 is 0 Å². The average Bonchev–Trinajstić information content (AvgIpc) is 3.42. The molecule has 0 amide bonds. The van der Waals surface area contributed by atoms with Crippen molar-refractivity contribution in [3.63, 3.8) is 0 Å². The molecule has 0 radical (unpaired) electrons. The topological polar surface area (TPSA) is 0 Å². The molecule has 0 nitrogen and oxygen atoms in total. The summed E-state index contributed by atoms with van der Waals surface area (Å²) in [6.45, 7) is 0. The Kier molecular flexibility index (Phi) is 8.46. The number of hydrogen-bond donors (Lipinski definition) is 0. The largest absolute Gasteiger partial charge is 0.0616 e. The third-order valence-electron chi connectivity index (χ3n) is 15.3. The van der Waals surface area contributed by atoms with Crippen LogP contribution in [-0.4, -0.2) is 0 Å². The molecule has 322 valence electrons. The fourth-order valence-electron chi connectivity index (χ4n) is 12.3. The molecule has 0 aliphatic rings. The molecule has 0 saturated heterocycles. The third-order valence-corrected chi connectivity index (χ3v) is 15.3. The lowest BCUT2D eigenvalue weighted by atomic mass is 9.82. The van der Waals surface area contributed by atoms with Crippen molar-refractivity contribution in [1.29, 1.82) is 0 Å². The van der Waals surface area contributed by atoms with Crippen LogP contribution in [0.1, 0.15) is 0 Å². The fourth-order valence-corrected chi connectivity index (χ4v) is 12.3. The van der Waals surface area contributed by atoms with Crippen LogP contribution in [0.4, 0.5) is 0 Å². The van der Waals surface area contributed by atoms with Gasteiger partial charge in [0, 0.05) is 0 Å². The van der Waals surface area contributed by atoms with Crippen molar-refractivity contribution < 1.29 is 0 Å². The van der Waals surface area contributed by atoms with Gasteiger partial charge in [0.25, 0.3) is 0 Å². The van der Waals surface area contributed by atoms with Gasteiger partial charge in [0.2, 0.25) is 0 Å². The second kappa shape index (κ2) is 15.2. The van der Waals surface area contributed by atoms with E-state index in [1.165, 1.54) is 152 Å². The molecule has 0 aromatic heterocycles. The molecule has 0 aliphatic carbocycles. The van der Waals surface area contributed by atoms with Crippen molar-refractivity contribution in [1.82, 2.24) is 0 Å². The van der Waals surface area contributed by atoms with E-state index in [4.69, 9.17) is 0 Å². The second-order valence-electron chi connectivity index (χ2n) is 19.0. The van der Waals surface area contributed by atoms with Gasteiger partial charge in [0.1, 0.15) is 0 Å². The summed E-state index contributed by atoms with van der Waals surface area (Å²) in [6, 6.07) is 95.4. The maximum atomic E-state index is 2.43. The first-order chi connectivity index (χ1) is 34.7. The van der Waals surface area contributed by atoms with Crippen LogP contribution < -0.4 is 0 Å². The van der Waals surface area contributed by atoms with Crippen LogP contribution in [0.25, 0.3) is 152 Å². The molecule has 0 atom stereocenters. The molecule has 0 aliphatic heterocycles. The van der Waals surface area contributed by atoms with Gasteiger partial charge in [-0.05, 0) is 189 Å². The molecule has 0 saturated carbocycles. The number of rotatable bonds is 4. The lowest BCUT2D eigenvalue weighted by Crippen LogP contribution is -1.93. The van der Waals surface area contributed by atoms with Crippen molar-refractivity contribution in [2.45, 2.75) is 0 Å². The molecule has 0 N–H and O–H groups in total. The quantitative estimate of drug-likeness (QED) is 0.122. The Labute approximate surface area is 404 Å². The van der Waals surface area contributed by atoms with E-state index in [9.17, 15) is 0 Å². The van der Waals surface area contributed by atoms with Gasteiger partial charge in [-0.2, -0.15) is 0 Å². The first kappa shape index (κ1) is 38.9. The van der Waals surface area contributed by atoms with Gasteiger partial charge in [-0.3, -0.25) is 0 Å². The van der Waals surface area contributed by atoms with Gasteiger partial charge >= 0.3 is 0 Å². The molecule has 15 rings (SSSR count). The first-order valence-electron chi connectivity index (χ1n) is 24.4. The van der Waals surface area contributed by atoms with Crippen LogP contribution in [0.5, 0.6) is 0 Å². The highest BCUT2D eigenvalue weighted by Crippen LogP contribution is 2.50. The predicted molar refractivity (Wildman–Crippen MR) is 303 cm³/mol. The van der Waals surface area contributed by atoms with Crippen LogP contribution >= 0.6 is 0 Å². The molecule has 70 heavy (non-hydrogen) atoms. The summed E-state index contributed by atoms with van der Waals surface area (Å²) >= 11 is 0. The SMILES string of the molecule is c1ccc2cc3c(cc2c1)c(-c1c2ccccc2c(-c2ccc(-c4c5ccccc5c(-c5cc6ccccc6c6cc7ccccc7cc56)c5ccccc45)cc2)c2ccccc12)cc1ccccc13. The van der Waals surface area contributed by atoms with Crippen molar-refractivity contribution in [3.8, 4) is 44.5 Å². The van der Waals surface area contributed by atoms with E-state index in [1.807, 2.05) is 0 Å². The van der Waals surface area contributed by atoms with Gasteiger partial charge in [-0.15, -0.1) is 0 Å². The number of fused-ring (bicyclic) bond motifs is 12. The molecule has 0 unspecified atom stereocenters. The highest BCUT2D eigenvalue weighted by atomic mass is 14.3. The summed E-state index contributed by atoms with van der Waals surface area (Å²) in [5.74, 6) is 0. The van der Waals surface area contributed by atoms with Crippen molar-refractivity contribution in [2.24, 2.45) is 0 Å². The second-order valence-corrected chi connectivity index (χ2v) is 19.0. The molecule has 0 bridgehead atoms. The number of hydrogen-bond acceptors (Lipinski definition) is 0. The standard InChI is InChI=1S/C70H42/c1-3-19-47-39-63-61(37-45(47)17-1)51-23-7-5-21-49(51)41-65(63)69-57-29-13-9-25-53(57)67(54-26-10-14-30-58(54)69)43-33-35-44(36-34-43)68-55-27-11-15-31-59(55)70(60-32-16-12-28-56(60)68)66-42-50-22-6-8-24-52(50)62-38-46-18-2-4-20-48(46)40-64(62)66/h1-42H. The van der Waals surface area contributed by atoms with E-state index in [2.05, 4.69) is 255 Å². The zero-order valence-corrected chi connectivity index (χ0v) is 38.2. The predicted octanol–water partition coefficient (Wildman–Crippen LogP) is 19.9. The summed E-state index contributed by atoms with van der Waals surface area (Å²) in [4.78, 5) is 0. The Morgan fingerprint density at radius 2 is 0.371 bits per heavy atom. The van der Waals surface area contributed by atoms with Crippen LogP contribution in [0.15, 0.2) is 255 Å². The Hall–Kier alpha value is -9.10. The van der Waals surface area contributed by atoms with Crippen molar-refractivity contribution in [2.75, 3.05) is 0 Å². The van der Waals surface area contributed by atoms with E-state index in [1.54, 1.807) is 0 Å². The van der Waals surface area contributed by atoms with Gasteiger partial charge < -0.3 is 0 Å². The molecular weight excluding hydrogens is 841 g/mol. The maximum absolute atomic E-state index is 2.43. The monoisotopic (exact) mass is 882 g/mol. The van der Waals surface area contributed by atoms with E-state index in [0.717, 1.165) is 0 Å². The fraction of sp³-hybridized carbons (Fsp3) is 0. The maximum Gasteiger partial charge on any atom is -0.00199 e. The van der Waals surface area contributed by atoms with E-state index in [-0.39, 0.29) is 0 Å². The average molecular weight is 883 g/mol. The Morgan fingerprint density at radius 3 is 0.671 bits per heavy atom. The van der Waals surface area contributed by atoms with Gasteiger partial charge in [0.15, 0.2) is 0 Å². The normalized spacial score (nSPS) is 12.0. The Bertz CT molecular complexity index is 4270. The number of benzene rings is 15. The Balaban J connectivity index is 0.948. The zero-order chi connectivity index (χ0) is 45.9. The molecule has 15 aromatic carbocycles. The summed E-state index contributed by atoms with van der Waals surface area (Å²) in [5.41, 5.74) is 10.0. The smallest absolute Gasteiger partial charge is 0.00199 e. The minimum Gasteiger partial charge on any atom is -0.0616 e. The van der Waals surface area contributed by atoms with Gasteiger partial charge in [-0.25, -0.2) is 0 Å². The molecule has 0 spiro atoms. The van der Waals surface area contributed by atoms with E-state index >= 15 is 0 Å². The summed E-state index contributed by atoms with van der Waals surface area (Å²) in [6.07, 6.45) is 0. The molecular formula is C70H42. The molecule has 0 fully saturated rings. The lowest BCUT2D eigenvalue weighted by Gasteiger charge is -2.21. The summed E-state index contributed by atoms with van der Waals surface area (Å²) in [5, 5.41) is 25.2. The Morgan fingerprint density at radius 1 is 0.143 bits per heavy atom.